The van der Waals surface area contributed by atoms with Gasteiger partial charge in [-0.2, -0.15) is 5.10 Å². The van der Waals surface area contributed by atoms with E-state index >= 15 is 0 Å². The quantitative estimate of drug-likeness (QED) is 0.774. The smallest absolute Gasteiger partial charge is 0.262 e. The number of halogens is 1. The molecule has 0 aliphatic rings. The first-order valence-electron chi connectivity index (χ1n) is 6.35. The van der Waals surface area contributed by atoms with Crippen LogP contribution in [0.15, 0.2) is 16.9 Å². The van der Waals surface area contributed by atoms with Gasteiger partial charge < -0.3 is 10.1 Å². The van der Waals surface area contributed by atoms with Gasteiger partial charge in [0.15, 0.2) is 5.65 Å². The van der Waals surface area contributed by atoms with E-state index in [1.807, 2.05) is 19.1 Å². The van der Waals surface area contributed by atoms with Crippen molar-refractivity contribution in [2.75, 3.05) is 0 Å². The Morgan fingerprint density at radius 1 is 1.52 bits per heavy atom. The first-order chi connectivity index (χ1) is 10.0. The molecule has 110 valence electrons. The summed E-state index contributed by atoms with van der Waals surface area (Å²) in [6.45, 7) is 3.35. The third kappa shape index (κ3) is 2.37. The average molecular weight is 325 g/mol. The van der Waals surface area contributed by atoms with Gasteiger partial charge in [0, 0.05) is 4.88 Å². The Bertz CT molecular complexity index is 867. The van der Waals surface area contributed by atoms with Crippen LogP contribution in [0.3, 0.4) is 0 Å². The maximum absolute atomic E-state index is 12.1. The number of H-pyrrole nitrogens is 1. The Kier molecular flexibility index (Phi) is 3.56. The number of aliphatic hydroxyl groups is 1. The van der Waals surface area contributed by atoms with Crippen molar-refractivity contribution in [1.29, 1.82) is 0 Å². The number of aromatic amines is 1. The second-order valence-electron chi connectivity index (χ2n) is 4.72. The van der Waals surface area contributed by atoms with E-state index in [2.05, 4.69) is 15.1 Å². The standard InChI is InChI=1S/C13H13ClN4O2S/c1-6(9-3-4-10(14)21-9)18-12-11(8(5-19)17-18)13(20)16-7(2)15-12/h3-4,6,19H,5H2,1-2H3,(H,15,16,20)/t6-/m1/s1. The van der Waals surface area contributed by atoms with Gasteiger partial charge in [-0.1, -0.05) is 11.6 Å². The minimum atomic E-state index is -0.310. The van der Waals surface area contributed by atoms with Gasteiger partial charge in [0.25, 0.3) is 5.56 Å². The SMILES string of the molecule is Cc1nc2c(c(CO)nn2[C@H](C)c2ccc(Cl)s2)c(=O)[nH]1. The highest BCUT2D eigenvalue weighted by Crippen LogP contribution is 2.30. The molecule has 0 amide bonds. The van der Waals surface area contributed by atoms with Gasteiger partial charge in [-0.25, -0.2) is 9.67 Å². The van der Waals surface area contributed by atoms with Crippen molar-refractivity contribution in [3.63, 3.8) is 0 Å². The lowest BCUT2D eigenvalue weighted by Gasteiger charge is -2.10. The molecule has 0 saturated carbocycles. The van der Waals surface area contributed by atoms with Crippen molar-refractivity contribution in [2.24, 2.45) is 0 Å². The summed E-state index contributed by atoms with van der Waals surface area (Å²) in [6, 6.07) is 3.62. The minimum absolute atomic E-state index is 0.126. The highest BCUT2D eigenvalue weighted by Gasteiger charge is 2.20. The molecule has 0 fully saturated rings. The largest absolute Gasteiger partial charge is 0.390 e. The fourth-order valence-corrected chi connectivity index (χ4v) is 3.38. The van der Waals surface area contributed by atoms with E-state index in [0.717, 1.165) is 4.88 Å². The lowest BCUT2D eigenvalue weighted by molar-refractivity contribution is 0.276. The first kappa shape index (κ1) is 14.2. The molecule has 3 rings (SSSR count). The highest BCUT2D eigenvalue weighted by molar-refractivity contribution is 7.16. The Labute approximate surface area is 129 Å². The molecule has 0 bridgehead atoms. The predicted molar refractivity (Wildman–Crippen MR) is 82.0 cm³/mol. The Balaban J connectivity index is 2.25. The molecule has 0 aromatic carbocycles. The van der Waals surface area contributed by atoms with Gasteiger partial charge in [-0.3, -0.25) is 4.79 Å². The molecule has 0 radical (unpaired) electrons. The molecule has 2 N–H and O–H groups in total. The summed E-state index contributed by atoms with van der Waals surface area (Å²) in [7, 11) is 0. The number of aliphatic hydroxyl groups excluding tert-OH is 1. The molecule has 1 atom stereocenters. The topological polar surface area (TPSA) is 83.8 Å². The van der Waals surface area contributed by atoms with Crippen molar-refractivity contribution < 1.29 is 5.11 Å². The van der Waals surface area contributed by atoms with E-state index in [1.54, 1.807) is 11.6 Å². The number of hydrogen-bond donors (Lipinski definition) is 2. The molecule has 3 aromatic heterocycles. The van der Waals surface area contributed by atoms with E-state index in [9.17, 15) is 9.90 Å². The maximum Gasteiger partial charge on any atom is 0.262 e. The average Bonchev–Trinajstić information content (AvgIpc) is 3.01. The zero-order valence-electron chi connectivity index (χ0n) is 11.4. The second-order valence-corrected chi connectivity index (χ2v) is 6.46. The monoisotopic (exact) mass is 324 g/mol. The van der Waals surface area contributed by atoms with E-state index in [1.165, 1.54) is 11.3 Å². The molecule has 21 heavy (non-hydrogen) atoms. The summed E-state index contributed by atoms with van der Waals surface area (Å²) in [5.74, 6) is 0.509. The van der Waals surface area contributed by atoms with Crippen LogP contribution < -0.4 is 5.56 Å². The molecule has 0 spiro atoms. The van der Waals surface area contributed by atoms with E-state index < -0.39 is 0 Å². The van der Waals surface area contributed by atoms with Crippen molar-refractivity contribution in [1.82, 2.24) is 19.7 Å². The van der Waals surface area contributed by atoms with Crippen LogP contribution in [0.2, 0.25) is 4.34 Å². The summed E-state index contributed by atoms with van der Waals surface area (Å²) in [5, 5.41) is 14.1. The third-order valence-corrected chi connectivity index (χ3v) is 4.68. The molecule has 0 unspecified atom stereocenters. The lowest BCUT2D eigenvalue weighted by atomic mass is 10.2. The summed E-state index contributed by atoms with van der Waals surface area (Å²) >= 11 is 7.42. The van der Waals surface area contributed by atoms with E-state index in [-0.39, 0.29) is 18.2 Å². The molecular formula is C13H13ClN4O2S. The Morgan fingerprint density at radius 3 is 2.90 bits per heavy atom. The first-order valence-corrected chi connectivity index (χ1v) is 7.54. The van der Waals surface area contributed by atoms with Gasteiger partial charge in [0.2, 0.25) is 0 Å². The van der Waals surface area contributed by atoms with Crippen LogP contribution in [0.25, 0.3) is 11.0 Å². The fourth-order valence-electron chi connectivity index (χ4n) is 2.28. The minimum Gasteiger partial charge on any atom is -0.390 e. The third-order valence-electron chi connectivity index (χ3n) is 3.28. The number of nitrogens with zero attached hydrogens (tertiary/aromatic N) is 3. The van der Waals surface area contributed by atoms with Crippen molar-refractivity contribution in [3.8, 4) is 0 Å². The van der Waals surface area contributed by atoms with Crippen LogP contribution in [0, 0.1) is 6.92 Å². The molecule has 3 aromatic rings. The van der Waals surface area contributed by atoms with Crippen LogP contribution >= 0.6 is 22.9 Å². The number of aromatic nitrogens is 4. The van der Waals surface area contributed by atoms with E-state index in [0.29, 0.717) is 26.9 Å². The summed E-state index contributed by atoms with van der Waals surface area (Å²) < 4.78 is 2.35. The van der Waals surface area contributed by atoms with Gasteiger partial charge in [-0.15, -0.1) is 11.3 Å². The lowest BCUT2D eigenvalue weighted by Crippen LogP contribution is -2.12. The maximum atomic E-state index is 12.1. The molecule has 6 nitrogen and oxygen atoms in total. The molecule has 8 heteroatoms. The Hall–Kier alpha value is -1.70. The number of hydrogen-bond acceptors (Lipinski definition) is 5. The van der Waals surface area contributed by atoms with Gasteiger partial charge >= 0.3 is 0 Å². The van der Waals surface area contributed by atoms with Crippen molar-refractivity contribution in [3.05, 3.63) is 43.2 Å². The van der Waals surface area contributed by atoms with Crippen LogP contribution in [-0.2, 0) is 6.61 Å². The normalized spacial score (nSPS) is 13.0. The highest BCUT2D eigenvalue weighted by atomic mass is 35.5. The number of fused-ring (bicyclic) bond motifs is 1. The number of rotatable bonds is 3. The van der Waals surface area contributed by atoms with Gasteiger partial charge in [-0.05, 0) is 26.0 Å². The van der Waals surface area contributed by atoms with Crippen molar-refractivity contribution in [2.45, 2.75) is 26.5 Å². The van der Waals surface area contributed by atoms with Crippen LogP contribution in [0.4, 0.5) is 0 Å². The van der Waals surface area contributed by atoms with Crippen molar-refractivity contribution >= 4 is 34.0 Å². The van der Waals surface area contributed by atoms with Crippen LogP contribution in [0.1, 0.15) is 29.4 Å². The summed E-state index contributed by atoms with van der Waals surface area (Å²) in [4.78, 5) is 20.1. The number of thiophene rings is 1. The summed E-state index contributed by atoms with van der Waals surface area (Å²) in [5.41, 5.74) is 0.509. The number of aryl methyl sites for hydroxylation is 1. The summed E-state index contributed by atoms with van der Waals surface area (Å²) in [6.07, 6.45) is 0. The zero-order chi connectivity index (χ0) is 15.1. The molecule has 0 aliphatic heterocycles. The number of nitrogens with one attached hydrogen (secondary N) is 1. The molecular weight excluding hydrogens is 312 g/mol. The van der Waals surface area contributed by atoms with Crippen LogP contribution in [-0.4, -0.2) is 24.9 Å². The molecule has 0 aliphatic carbocycles. The van der Waals surface area contributed by atoms with Crippen LogP contribution in [0.5, 0.6) is 0 Å². The van der Waals surface area contributed by atoms with E-state index in [4.69, 9.17) is 11.6 Å². The van der Waals surface area contributed by atoms with Gasteiger partial charge in [0.1, 0.15) is 16.9 Å². The zero-order valence-corrected chi connectivity index (χ0v) is 13.0. The second kappa shape index (κ2) is 5.25. The fraction of sp³-hybridized carbons (Fsp3) is 0.308. The molecule has 0 saturated heterocycles. The molecule has 3 heterocycles. The predicted octanol–water partition coefficient (Wildman–Crippen LogP) is 2.24. The van der Waals surface area contributed by atoms with Gasteiger partial charge in [0.05, 0.1) is 17.0 Å². The Morgan fingerprint density at radius 2 is 2.29 bits per heavy atom.